The molecule has 0 spiro atoms. The van der Waals surface area contributed by atoms with E-state index in [2.05, 4.69) is 5.32 Å². The maximum absolute atomic E-state index is 12.9. The number of carbonyl (C=O) groups excluding carboxylic acids is 1. The van der Waals surface area contributed by atoms with Crippen molar-refractivity contribution in [2.24, 2.45) is 0 Å². The highest BCUT2D eigenvalue weighted by molar-refractivity contribution is 7.22. The van der Waals surface area contributed by atoms with E-state index in [4.69, 9.17) is 32.7 Å². The Balaban J connectivity index is 1.67. The Labute approximate surface area is 164 Å². The lowest BCUT2D eigenvalue weighted by molar-refractivity contribution is 0.0929. The quantitative estimate of drug-likeness (QED) is 0.625. The molecule has 0 radical (unpaired) electrons. The topological polar surface area (TPSA) is 47.6 Å². The average Bonchev–Trinajstić information content (AvgIpc) is 3.00. The van der Waals surface area contributed by atoms with Crippen LogP contribution in [0.1, 0.15) is 27.7 Å². The number of fused-ring (bicyclic) bond motifs is 2. The van der Waals surface area contributed by atoms with E-state index in [0.717, 1.165) is 21.4 Å². The van der Waals surface area contributed by atoms with E-state index in [1.54, 1.807) is 13.2 Å². The SMILES string of the molecule is COc1ccc2c(Cl)c(C(=O)N[C@H]3CCOc4ccccc43)sc2c1Cl. The van der Waals surface area contributed by atoms with Crippen molar-refractivity contribution in [1.29, 1.82) is 0 Å². The number of carbonyl (C=O) groups is 1. The summed E-state index contributed by atoms with van der Waals surface area (Å²) in [6, 6.07) is 11.2. The first kappa shape index (κ1) is 17.5. The number of thiophene rings is 1. The molecule has 2 aromatic carbocycles. The lowest BCUT2D eigenvalue weighted by atomic mass is 10.0. The Hall–Kier alpha value is -1.95. The van der Waals surface area contributed by atoms with E-state index < -0.39 is 0 Å². The number of rotatable bonds is 3. The molecule has 0 bridgehead atoms. The van der Waals surface area contributed by atoms with Crippen molar-refractivity contribution in [2.45, 2.75) is 12.5 Å². The molecule has 1 N–H and O–H groups in total. The Bertz CT molecular complexity index is 1000. The molecule has 7 heteroatoms. The first-order chi connectivity index (χ1) is 12.6. The van der Waals surface area contributed by atoms with Gasteiger partial charge in [0.15, 0.2) is 0 Å². The van der Waals surface area contributed by atoms with Gasteiger partial charge in [-0.3, -0.25) is 4.79 Å². The molecule has 1 aromatic heterocycles. The Morgan fingerprint density at radius 3 is 2.85 bits per heavy atom. The Morgan fingerprint density at radius 2 is 2.04 bits per heavy atom. The van der Waals surface area contributed by atoms with Gasteiger partial charge in [-0.2, -0.15) is 0 Å². The zero-order valence-corrected chi connectivity index (χ0v) is 16.2. The van der Waals surface area contributed by atoms with Gasteiger partial charge < -0.3 is 14.8 Å². The van der Waals surface area contributed by atoms with Gasteiger partial charge >= 0.3 is 0 Å². The molecule has 1 aliphatic rings. The number of amides is 1. The predicted octanol–water partition coefficient (Wildman–Crippen LogP) is 5.47. The van der Waals surface area contributed by atoms with Gasteiger partial charge in [-0.15, -0.1) is 11.3 Å². The minimum atomic E-state index is -0.215. The molecule has 1 aliphatic heterocycles. The molecule has 3 aromatic rings. The maximum atomic E-state index is 12.9. The first-order valence-corrected chi connectivity index (χ1v) is 9.64. The van der Waals surface area contributed by atoms with E-state index >= 15 is 0 Å². The second-order valence-corrected chi connectivity index (χ2v) is 7.68. The molecule has 2 heterocycles. The van der Waals surface area contributed by atoms with Crippen LogP contribution < -0.4 is 14.8 Å². The smallest absolute Gasteiger partial charge is 0.263 e. The summed E-state index contributed by atoms with van der Waals surface area (Å²) in [5.41, 5.74) is 0.976. The van der Waals surface area contributed by atoms with Gasteiger partial charge in [0.1, 0.15) is 21.4 Å². The van der Waals surface area contributed by atoms with Crippen molar-refractivity contribution in [2.75, 3.05) is 13.7 Å². The maximum Gasteiger partial charge on any atom is 0.263 e. The number of ether oxygens (including phenoxy) is 2. The van der Waals surface area contributed by atoms with E-state index in [-0.39, 0.29) is 11.9 Å². The minimum Gasteiger partial charge on any atom is -0.495 e. The van der Waals surface area contributed by atoms with Gasteiger partial charge in [0.25, 0.3) is 5.91 Å². The summed E-state index contributed by atoms with van der Waals surface area (Å²) in [5.74, 6) is 1.15. The van der Waals surface area contributed by atoms with Crippen molar-refractivity contribution in [3.8, 4) is 11.5 Å². The summed E-state index contributed by atoms with van der Waals surface area (Å²) in [7, 11) is 1.55. The van der Waals surface area contributed by atoms with E-state index in [9.17, 15) is 4.79 Å². The summed E-state index contributed by atoms with van der Waals surface area (Å²) in [6.07, 6.45) is 0.708. The molecule has 134 valence electrons. The van der Waals surface area contributed by atoms with Crippen LogP contribution in [0.3, 0.4) is 0 Å². The fourth-order valence-corrected chi connectivity index (χ4v) is 4.90. The fraction of sp³-hybridized carbons (Fsp3) is 0.211. The summed E-state index contributed by atoms with van der Waals surface area (Å²) >= 11 is 14.1. The molecular formula is C19H15Cl2NO3S. The van der Waals surface area contributed by atoms with E-state index in [1.807, 2.05) is 30.3 Å². The zero-order chi connectivity index (χ0) is 18.3. The summed E-state index contributed by atoms with van der Waals surface area (Å²) in [5, 5.41) is 4.70. The third kappa shape index (κ3) is 2.90. The predicted molar refractivity (Wildman–Crippen MR) is 105 cm³/mol. The van der Waals surface area contributed by atoms with Crippen LogP contribution in [0, 0.1) is 0 Å². The zero-order valence-electron chi connectivity index (χ0n) is 13.8. The fourth-order valence-electron chi connectivity index (χ4n) is 3.10. The van der Waals surface area contributed by atoms with Crippen molar-refractivity contribution in [1.82, 2.24) is 5.32 Å². The molecule has 1 atom stereocenters. The first-order valence-electron chi connectivity index (χ1n) is 8.07. The number of nitrogens with one attached hydrogen (secondary N) is 1. The second kappa shape index (κ2) is 6.99. The number of methoxy groups -OCH3 is 1. The molecule has 26 heavy (non-hydrogen) atoms. The van der Waals surface area contributed by atoms with Gasteiger partial charge in [0, 0.05) is 17.4 Å². The van der Waals surface area contributed by atoms with Crippen molar-refractivity contribution in [3.05, 3.63) is 56.9 Å². The van der Waals surface area contributed by atoms with Gasteiger partial charge in [-0.05, 0) is 18.2 Å². The molecule has 4 rings (SSSR count). The number of para-hydroxylation sites is 1. The number of hydrogen-bond acceptors (Lipinski definition) is 4. The van der Waals surface area contributed by atoms with Crippen LogP contribution in [-0.4, -0.2) is 19.6 Å². The van der Waals surface area contributed by atoms with Gasteiger partial charge in [0.2, 0.25) is 0 Å². The van der Waals surface area contributed by atoms with Crippen LogP contribution >= 0.6 is 34.5 Å². The molecular weight excluding hydrogens is 393 g/mol. The number of benzene rings is 2. The lowest BCUT2D eigenvalue weighted by Gasteiger charge is -2.26. The van der Waals surface area contributed by atoms with E-state index in [0.29, 0.717) is 33.7 Å². The summed E-state index contributed by atoms with van der Waals surface area (Å²) in [4.78, 5) is 13.3. The van der Waals surface area contributed by atoms with Crippen LogP contribution in [0.2, 0.25) is 10.0 Å². The third-order valence-electron chi connectivity index (χ3n) is 4.39. The van der Waals surface area contributed by atoms with Crippen molar-refractivity contribution >= 4 is 50.5 Å². The van der Waals surface area contributed by atoms with E-state index in [1.165, 1.54) is 11.3 Å². The average molecular weight is 408 g/mol. The largest absolute Gasteiger partial charge is 0.495 e. The van der Waals surface area contributed by atoms with Gasteiger partial charge in [-0.1, -0.05) is 41.4 Å². The van der Waals surface area contributed by atoms with Crippen LogP contribution in [0.4, 0.5) is 0 Å². The highest BCUT2D eigenvalue weighted by Gasteiger charge is 2.26. The van der Waals surface area contributed by atoms with Crippen LogP contribution in [0.25, 0.3) is 10.1 Å². The molecule has 0 unspecified atom stereocenters. The highest BCUT2D eigenvalue weighted by atomic mass is 35.5. The molecule has 4 nitrogen and oxygen atoms in total. The van der Waals surface area contributed by atoms with Crippen LogP contribution in [-0.2, 0) is 0 Å². The van der Waals surface area contributed by atoms with Gasteiger partial charge in [0.05, 0.1) is 29.5 Å². The standard InChI is InChI=1S/C19H15Cl2NO3S/c1-24-14-7-6-11-15(20)18(26-17(11)16(14)21)19(23)22-12-8-9-25-13-5-3-2-4-10(12)13/h2-7,12H,8-9H2,1H3,(H,22,23)/t12-/m0/s1. The van der Waals surface area contributed by atoms with Gasteiger partial charge in [-0.25, -0.2) is 0 Å². The summed E-state index contributed by atoms with van der Waals surface area (Å²) in [6.45, 7) is 0.561. The number of halogens is 2. The van der Waals surface area contributed by atoms with Crippen LogP contribution in [0.5, 0.6) is 11.5 Å². The summed E-state index contributed by atoms with van der Waals surface area (Å²) < 4.78 is 11.6. The molecule has 0 aliphatic carbocycles. The molecule has 1 amide bonds. The normalized spacial score (nSPS) is 16.0. The highest BCUT2D eigenvalue weighted by Crippen LogP contribution is 2.43. The second-order valence-electron chi connectivity index (χ2n) is 5.90. The van der Waals surface area contributed by atoms with Crippen molar-refractivity contribution in [3.63, 3.8) is 0 Å². The molecule has 0 saturated heterocycles. The number of hydrogen-bond donors (Lipinski definition) is 1. The monoisotopic (exact) mass is 407 g/mol. The third-order valence-corrected chi connectivity index (χ3v) is 6.61. The van der Waals surface area contributed by atoms with Crippen LogP contribution in [0.15, 0.2) is 36.4 Å². The Morgan fingerprint density at radius 1 is 1.23 bits per heavy atom. The molecule has 0 saturated carbocycles. The lowest BCUT2D eigenvalue weighted by Crippen LogP contribution is -2.31. The van der Waals surface area contributed by atoms with Crippen molar-refractivity contribution < 1.29 is 14.3 Å². The minimum absolute atomic E-state index is 0.112. The Kier molecular flexibility index (Phi) is 4.69. The molecule has 0 fully saturated rings.